The lowest BCUT2D eigenvalue weighted by atomic mass is 10.0. The van der Waals surface area contributed by atoms with Crippen molar-refractivity contribution in [2.75, 3.05) is 45.9 Å². The monoisotopic (exact) mass is 297 g/mol. The van der Waals surface area contributed by atoms with Crippen LogP contribution in [0.25, 0.3) is 0 Å². The zero-order valence-corrected chi connectivity index (χ0v) is 14.3. The second-order valence-corrected chi connectivity index (χ2v) is 7.23. The fraction of sp³-hybridized carbons (Fsp3) is 1.00. The second-order valence-electron chi connectivity index (χ2n) is 7.23. The van der Waals surface area contributed by atoms with Gasteiger partial charge in [-0.05, 0) is 37.8 Å². The minimum absolute atomic E-state index is 0.372. The first-order valence-corrected chi connectivity index (χ1v) is 8.92. The highest BCUT2D eigenvalue weighted by Crippen LogP contribution is 2.29. The molecule has 0 radical (unpaired) electrons. The van der Waals surface area contributed by atoms with E-state index in [4.69, 9.17) is 10.5 Å². The average molecular weight is 297 g/mol. The third-order valence-corrected chi connectivity index (χ3v) is 5.08. The molecular weight excluding hydrogens is 262 g/mol. The van der Waals surface area contributed by atoms with Crippen LogP contribution in [0.2, 0.25) is 0 Å². The summed E-state index contributed by atoms with van der Waals surface area (Å²) in [6.07, 6.45) is 4.34. The van der Waals surface area contributed by atoms with Crippen LogP contribution in [-0.2, 0) is 4.74 Å². The molecule has 0 aromatic carbocycles. The Labute approximate surface area is 131 Å². The minimum Gasteiger partial charge on any atom is -0.374 e. The van der Waals surface area contributed by atoms with Gasteiger partial charge in [-0.1, -0.05) is 27.2 Å². The highest BCUT2D eigenvalue weighted by Gasteiger charge is 2.32. The topological polar surface area (TPSA) is 41.7 Å². The molecule has 2 N–H and O–H groups in total. The molecular formula is C17H35N3O. The molecule has 1 aliphatic heterocycles. The van der Waals surface area contributed by atoms with Crippen molar-refractivity contribution < 1.29 is 4.74 Å². The van der Waals surface area contributed by atoms with E-state index in [2.05, 4.69) is 30.6 Å². The van der Waals surface area contributed by atoms with E-state index < -0.39 is 0 Å². The fourth-order valence-corrected chi connectivity index (χ4v) is 4.11. The van der Waals surface area contributed by atoms with E-state index in [9.17, 15) is 0 Å². The molecule has 1 saturated heterocycles. The quantitative estimate of drug-likeness (QED) is 0.778. The van der Waals surface area contributed by atoms with Gasteiger partial charge in [-0.15, -0.1) is 0 Å². The Morgan fingerprint density at radius 2 is 2.14 bits per heavy atom. The Morgan fingerprint density at radius 1 is 1.33 bits per heavy atom. The first kappa shape index (κ1) is 17.2. The van der Waals surface area contributed by atoms with Gasteiger partial charge in [-0.2, -0.15) is 0 Å². The van der Waals surface area contributed by atoms with Crippen LogP contribution >= 0.6 is 0 Å². The Bertz CT molecular complexity index is 298. The molecule has 21 heavy (non-hydrogen) atoms. The van der Waals surface area contributed by atoms with Crippen molar-refractivity contribution in [3.63, 3.8) is 0 Å². The zero-order valence-electron chi connectivity index (χ0n) is 14.3. The molecule has 124 valence electrons. The zero-order chi connectivity index (χ0) is 15.2. The molecule has 4 heteroatoms. The number of rotatable bonds is 7. The van der Waals surface area contributed by atoms with Crippen LogP contribution < -0.4 is 5.73 Å². The number of ether oxygens (including phenoxy) is 1. The number of hydrogen-bond donors (Lipinski definition) is 1. The summed E-state index contributed by atoms with van der Waals surface area (Å²) in [5.41, 5.74) is 5.96. The summed E-state index contributed by atoms with van der Waals surface area (Å²) >= 11 is 0. The molecule has 0 aromatic rings. The summed E-state index contributed by atoms with van der Waals surface area (Å²) in [7, 11) is 0. The smallest absolute Gasteiger partial charge is 0.0829 e. The van der Waals surface area contributed by atoms with Crippen LogP contribution in [0, 0.1) is 11.8 Å². The highest BCUT2D eigenvalue weighted by molar-refractivity contribution is 4.87. The minimum atomic E-state index is 0.372. The summed E-state index contributed by atoms with van der Waals surface area (Å²) in [5, 5.41) is 0. The summed E-state index contributed by atoms with van der Waals surface area (Å²) in [6.45, 7) is 14.2. The van der Waals surface area contributed by atoms with E-state index in [1.807, 2.05) is 0 Å². The fourth-order valence-electron chi connectivity index (χ4n) is 4.11. The molecule has 2 aliphatic rings. The van der Waals surface area contributed by atoms with Gasteiger partial charge in [-0.25, -0.2) is 0 Å². The van der Waals surface area contributed by atoms with Gasteiger partial charge in [0.25, 0.3) is 0 Å². The van der Waals surface area contributed by atoms with Crippen LogP contribution in [0.3, 0.4) is 0 Å². The van der Waals surface area contributed by atoms with Gasteiger partial charge in [0.15, 0.2) is 0 Å². The first-order chi connectivity index (χ1) is 10.1. The molecule has 0 aromatic heterocycles. The average Bonchev–Trinajstić information content (AvgIpc) is 2.92. The van der Waals surface area contributed by atoms with E-state index in [-0.39, 0.29) is 0 Å². The van der Waals surface area contributed by atoms with Crippen molar-refractivity contribution in [2.24, 2.45) is 17.6 Å². The molecule has 2 rings (SSSR count). The van der Waals surface area contributed by atoms with Crippen LogP contribution in [0.1, 0.15) is 40.0 Å². The third-order valence-electron chi connectivity index (χ3n) is 5.08. The van der Waals surface area contributed by atoms with Crippen molar-refractivity contribution in [1.82, 2.24) is 9.80 Å². The number of nitrogens with zero attached hydrogens (tertiary/aromatic N) is 2. The van der Waals surface area contributed by atoms with Crippen LogP contribution in [0.5, 0.6) is 0 Å². The Hall–Kier alpha value is -0.160. The van der Waals surface area contributed by atoms with Crippen LogP contribution in [0.4, 0.5) is 0 Å². The Morgan fingerprint density at radius 3 is 2.81 bits per heavy atom. The second kappa shape index (κ2) is 8.47. The van der Waals surface area contributed by atoms with Gasteiger partial charge in [0.2, 0.25) is 0 Å². The van der Waals surface area contributed by atoms with Crippen molar-refractivity contribution in [3.8, 4) is 0 Å². The van der Waals surface area contributed by atoms with Crippen molar-refractivity contribution in [1.29, 1.82) is 0 Å². The number of hydrogen-bond acceptors (Lipinski definition) is 4. The summed E-state index contributed by atoms with van der Waals surface area (Å²) < 4.78 is 6.04. The predicted octanol–water partition coefficient (Wildman–Crippen LogP) is 1.79. The molecule has 3 unspecified atom stereocenters. The maximum Gasteiger partial charge on any atom is 0.0829 e. The molecule has 4 nitrogen and oxygen atoms in total. The summed E-state index contributed by atoms with van der Waals surface area (Å²) in [6, 6.07) is 0.684. The van der Waals surface area contributed by atoms with Gasteiger partial charge in [0.1, 0.15) is 0 Å². The SMILES string of the molecule is CCN(CC1CN(CC(C)C)CCO1)C1CCCC1CN. The lowest BCUT2D eigenvalue weighted by Gasteiger charge is -2.39. The molecule has 1 aliphatic carbocycles. The molecule has 2 fully saturated rings. The third kappa shape index (κ3) is 4.92. The van der Waals surface area contributed by atoms with E-state index in [0.717, 1.165) is 45.2 Å². The normalized spacial score (nSPS) is 31.4. The maximum atomic E-state index is 6.04. The van der Waals surface area contributed by atoms with Crippen LogP contribution in [-0.4, -0.2) is 67.8 Å². The van der Waals surface area contributed by atoms with Gasteiger partial charge >= 0.3 is 0 Å². The van der Waals surface area contributed by atoms with Crippen molar-refractivity contribution in [3.05, 3.63) is 0 Å². The standard InChI is InChI=1S/C17H35N3O/c1-4-20(17-7-5-6-15(17)10-18)13-16-12-19(8-9-21-16)11-14(2)3/h14-17H,4-13,18H2,1-3H3. The van der Waals surface area contributed by atoms with Gasteiger partial charge in [0.05, 0.1) is 12.7 Å². The van der Waals surface area contributed by atoms with Gasteiger partial charge in [0, 0.05) is 32.2 Å². The Kier molecular flexibility index (Phi) is 6.93. The highest BCUT2D eigenvalue weighted by atomic mass is 16.5. The number of morpholine rings is 1. The maximum absolute atomic E-state index is 6.04. The van der Waals surface area contributed by atoms with Gasteiger partial charge in [-0.3, -0.25) is 9.80 Å². The molecule has 0 amide bonds. The van der Waals surface area contributed by atoms with Crippen LogP contribution in [0.15, 0.2) is 0 Å². The van der Waals surface area contributed by atoms with E-state index in [1.165, 1.54) is 25.8 Å². The van der Waals surface area contributed by atoms with Crippen molar-refractivity contribution in [2.45, 2.75) is 52.2 Å². The summed E-state index contributed by atoms with van der Waals surface area (Å²) in [4.78, 5) is 5.20. The lowest BCUT2D eigenvalue weighted by Crippen LogP contribution is -2.51. The molecule has 1 saturated carbocycles. The molecule has 0 spiro atoms. The van der Waals surface area contributed by atoms with Crippen molar-refractivity contribution >= 4 is 0 Å². The van der Waals surface area contributed by atoms with E-state index in [1.54, 1.807) is 0 Å². The van der Waals surface area contributed by atoms with Gasteiger partial charge < -0.3 is 10.5 Å². The molecule has 3 atom stereocenters. The largest absolute Gasteiger partial charge is 0.374 e. The molecule has 1 heterocycles. The summed E-state index contributed by atoms with van der Waals surface area (Å²) in [5.74, 6) is 1.43. The Balaban J connectivity index is 1.86. The first-order valence-electron chi connectivity index (χ1n) is 8.92. The van der Waals surface area contributed by atoms with E-state index >= 15 is 0 Å². The number of likely N-dealkylation sites (N-methyl/N-ethyl adjacent to an activating group) is 1. The predicted molar refractivity (Wildman–Crippen MR) is 88.4 cm³/mol. The molecule has 0 bridgehead atoms. The van der Waals surface area contributed by atoms with E-state index in [0.29, 0.717) is 18.1 Å². The number of nitrogens with two attached hydrogens (primary N) is 1. The lowest BCUT2D eigenvalue weighted by molar-refractivity contribution is -0.0523.